The zero-order chi connectivity index (χ0) is 7.42. The highest BCUT2D eigenvalue weighted by molar-refractivity contribution is 5.02. The van der Waals surface area contributed by atoms with E-state index in [1.807, 2.05) is 0 Å². The minimum absolute atomic E-state index is 0.0827. The van der Waals surface area contributed by atoms with Gasteiger partial charge in [0.2, 0.25) is 0 Å². The van der Waals surface area contributed by atoms with Crippen molar-refractivity contribution >= 4 is 0 Å². The van der Waals surface area contributed by atoms with Crippen LogP contribution >= 0.6 is 0 Å². The summed E-state index contributed by atoms with van der Waals surface area (Å²) in [5, 5.41) is 9.67. The van der Waals surface area contributed by atoms with E-state index in [9.17, 15) is 5.11 Å². The van der Waals surface area contributed by atoms with Crippen LogP contribution in [0.5, 0.6) is 0 Å². The molecule has 11 heavy (non-hydrogen) atoms. The van der Waals surface area contributed by atoms with E-state index in [1.165, 1.54) is 25.7 Å². The van der Waals surface area contributed by atoms with Gasteiger partial charge in [-0.25, -0.2) is 0 Å². The van der Waals surface area contributed by atoms with Crippen LogP contribution in [0.1, 0.15) is 32.1 Å². The van der Waals surface area contributed by atoms with Crippen LogP contribution in [-0.4, -0.2) is 11.2 Å². The summed E-state index contributed by atoms with van der Waals surface area (Å²) in [6.45, 7) is 0. The average Bonchev–Trinajstić information content (AvgIpc) is 2.52. The fourth-order valence-electron chi connectivity index (χ4n) is 4.03. The Bertz CT molecular complexity index is 178. The average molecular weight is 152 g/mol. The Hall–Kier alpha value is -0.0400. The minimum Gasteiger partial charge on any atom is -0.393 e. The number of fused-ring (bicyclic) bond motifs is 5. The van der Waals surface area contributed by atoms with E-state index >= 15 is 0 Å². The summed E-state index contributed by atoms with van der Waals surface area (Å²) in [6.07, 6.45) is 6.90. The molecule has 3 fully saturated rings. The van der Waals surface area contributed by atoms with Crippen molar-refractivity contribution < 1.29 is 5.11 Å². The van der Waals surface area contributed by atoms with Gasteiger partial charge in [-0.1, -0.05) is 6.42 Å². The lowest BCUT2D eigenvalue weighted by atomic mass is 9.80. The number of rotatable bonds is 0. The molecule has 0 spiro atoms. The Labute approximate surface area is 67.8 Å². The van der Waals surface area contributed by atoms with Gasteiger partial charge in [-0.3, -0.25) is 0 Å². The lowest BCUT2D eigenvalue weighted by molar-refractivity contribution is 0.0642. The van der Waals surface area contributed by atoms with Crippen molar-refractivity contribution in [3.8, 4) is 0 Å². The topological polar surface area (TPSA) is 20.2 Å². The van der Waals surface area contributed by atoms with Gasteiger partial charge in [-0.05, 0) is 49.4 Å². The van der Waals surface area contributed by atoms with Crippen LogP contribution in [0.2, 0.25) is 0 Å². The molecule has 0 aromatic rings. The molecule has 2 bridgehead atoms. The molecule has 3 rings (SSSR count). The lowest BCUT2D eigenvalue weighted by Gasteiger charge is -2.28. The second-order valence-electron chi connectivity index (χ2n) is 4.72. The molecule has 0 aromatic heterocycles. The van der Waals surface area contributed by atoms with Gasteiger partial charge < -0.3 is 5.11 Å². The third-order valence-electron chi connectivity index (χ3n) is 4.39. The zero-order valence-electron chi connectivity index (χ0n) is 6.87. The van der Waals surface area contributed by atoms with Crippen molar-refractivity contribution in [2.45, 2.75) is 38.2 Å². The Morgan fingerprint density at radius 1 is 0.909 bits per heavy atom. The Morgan fingerprint density at radius 3 is 2.64 bits per heavy atom. The van der Waals surface area contributed by atoms with Gasteiger partial charge in [0.05, 0.1) is 6.10 Å². The molecule has 0 aromatic carbocycles. The van der Waals surface area contributed by atoms with Crippen molar-refractivity contribution in [1.82, 2.24) is 0 Å². The molecule has 3 aliphatic carbocycles. The van der Waals surface area contributed by atoms with E-state index in [2.05, 4.69) is 0 Å². The Morgan fingerprint density at radius 2 is 1.73 bits per heavy atom. The van der Waals surface area contributed by atoms with E-state index in [0.717, 1.165) is 24.2 Å². The first kappa shape index (κ1) is 6.47. The number of hydrogen-bond acceptors (Lipinski definition) is 1. The van der Waals surface area contributed by atoms with Gasteiger partial charge in [0.25, 0.3) is 0 Å². The van der Waals surface area contributed by atoms with E-state index < -0.39 is 0 Å². The molecule has 3 aliphatic rings. The fourth-order valence-corrected chi connectivity index (χ4v) is 4.03. The summed E-state index contributed by atoms with van der Waals surface area (Å²) in [7, 11) is 0. The second-order valence-corrected chi connectivity index (χ2v) is 4.72. The fraction of sp³-hybridized carbons (Fsp3) is 1.00. The van der Waals surface area contributed by atoms with Gasteiger partial charge in [0.1, 0.15) is 0 Å². The standard InChI is InChI=1S/C10H16O/c11-10-5-6-4-9(10)8-3-1-2-7(6)8/h6-11H,1-5H2/t6-,7-,8-,9?,10+/m1/s1. The SMILES string of the molecule is O[C@H]1C[C@H]2CC1[C@@H]1CCC[C@H]21. The Balaban J connectivity index is 1.90. The molecular weight excluding hydrogens is 136 g/mol. The quantitative estimate of drug-likeness (QED) is 0.561. The first-order valence-corrected chi connectivity index (χ1v) is 5.04. The van der Waals surface area contributed by atoms with Crippen LogP contribution in [0, 0.1) is 23.7 Å². The number of aliphatic hydroxyl groups excluding tert-OH is 1. The molecular formula is C10H16O. The minimum atomic E-state index is 0.0827. The van der Waals surface area contributed by atoms with E-state index in [-0.39, 0.29) is 6.10 Å². The largest absolute Gasteiger partial charge is 0.393 e. The summed E-state index contributed by atoms with van der Waals surface area (Å²) in [6, 6.07) is 0. The molecule has 3 saturated carbocycles. The van der Waals surface area contributed by atoms with Crippen LogP contribution < -0.4 is 0 Å². The highest BCUT2D eigenvalue weighted by Gasteiger charge is 2.53. The normalized spacial score (nSPS) is 60.3. The number of hydrogen-bond donors (Lipinski definition) is 1. The van der Waals surface area contributed by atoms with Crippen LogP contribution in [0.15, 0.2) is 0 Å². The molecule has 0 saturated heterocycles. The van der Waals surface area contributed by atoms with Crippen molar-refractivity contribution in [1.29, 1.82) is 0 Å². The van der Waals surface area contributed by atoms with E-state index in [4.69, 9.17) is 0 Å². The maximum Gasteiger partial charge on any atom is 0.0574 e. The zero-order valence-corrected chi connectivity index (χ0v) is 6.87. The Kier molecular flexibility index (Phi) is 1.18. The smallest absolute Gasteiger partial charge is 0.0574 e. The van der Waals surface area contributed by atoms with Crippen molar-refractivity contribution in [3.05, 3.63) is 0 Å². The van der Waals surface area contributed by atoms with Crippen molar-refractivity contribution in [2.75, 3.05) is 0 Å². The summed E-state index contributed by atoms with van der Waals surface area (Å²) >= 11 is 0. The van der Waals surface area contributed by atoms with Crippen LogP contribution in [0.25, 0.3) is 0 Å². The molecule has 1 unspecified atom stereocenters. The van der Waals surface area contributed by atoms with Crippen molar-refractivity contribution in [3.63, 3.8) is 0 Å². The van der Waals surface area contributed by atoms with E-state index in [0.29, 0.717) is 5.92 Å². The predicted molar refractivity (Wildman–Crippen MR) is 43.1 cm³/mol. The molecule has 5 atom stereocenters. The van der Waals surface area contributed by atoms with Gasteiger partial charge in [0, 0.05) is 0 Å². The molecule has 62 valence electrons. The second kappa shape index (κ2) is 2.01. The van der Waals surface area contributed by atoms with Gasteiger partial charge >= 0.3 is 0 Å². The molecule has 1 N–H and O–H groups in total. The lowest BCUT2D eigenvalue weighted by Crippen LogP contribution is -2.27. The summed E-state index contributed by atoms with van der Waals surface area (Å²) in [5.74, 6) is 3.60. The molecule has 0 aliphatic heterocycles. The molecule has 1 heteroatoms. The van der Waals surface area contributed by atoms with Crippen LogP contribution in [-0.2, 0) is 0 Å². The summed E-state index contributed by atoms with van der Waals surface area (Å²) in [5.41, 5.74) is 0. The van der Waals surface area contributed by atoms with Gasteiger partial charge in [0.15, 0.2) is 0 Å². The third-order valence-corrected chi connectivity index (χ3v) is 4.39. The maximum atomic E-state index is 9.67. The predicted octanol–water partition coefficient (Wildman–Crippen LogP) is 1.80. The van der Waals surface area contributed by atoms with E-state index in [1.54, 1.807) is 0 Å². The first-order chi connectivity index (χ1) is 5.36. The van der Waals surface area contributed by atoms with Crippen LogP contribution in [0.3, 0.4) is 0 Å². The van der Waals surface area contributed by atoms with Crippen molar-refractivity contribution in [2.24, 2.45) is 23.7 Å². The molecule has 0 amide bonds. The molecule has 0 heterocycles. The monoisotopic (exact) mass is 152 g/mol. The highest BCUT2D eigenvalue weighted by Crippen LogP contribution is 2.58. The maximum absolute atomic E-state index is 9.67. The molecule has 1 nitrogen and oxygen atoms in total. The highest BCUT2D eigenvalue weighted by atomic mass is 16.3. The number of aliphatic hydroxyl groups is 1. The third kappa shape index (κ3) is 0.703. The summed E-state index contributed by atoms with van der Waals surface area (Å²) in [4.78, 5) is 0. The van der Waals surface area contributed by atoms with Gasteiger partial charge in [-0.2, -0.15) is 0 Å². The molecule has 0 radical (unpaired) electrons. The van der Waals surface area contributed by atoms with Crippen LogP contribution in [0.4, 0.5) is 0 Å². The van der Waals surface area contributed by atoms with Gasteiger partial charge in [-0.15, -0.1) is 0 Å². The first-order valence-electron chi connectivity index (χ1n) is 5.04. The summed E-state index contributed by atoms with van der Waals surface area (Å²) < 4.78 is 0.